The molecule has 0 amide bonds. The van der Waals surface area contributed by atoms with Crippen molar-refractivity contribution in [1.82, 2.24) is 0 Å². The normalized spacial score (nSPS) is 10.2. The lowest BCUT2D eigenvalue weighted by molar-refractivity contribution is 0.607. The average molecular weight is 234 g/mol. The van der Waals surface area contributed by atoms with E-state index in [1.54, 1.807) is 11.8 Å². The Balaban J connectivity index is 2.76. The van der Waals surface area contributed by atoms with Crippen molar-refractivity contribution in [1.29, 1.82) is 5.26 Å². The summed E-state index contributed by atoms with van der Waals surface area (Å²) in [5.74, 6) is 0.682. The van der Waals surface area contributed by atoms with Gasteiger partial charge in [0.1, 0.15) is 6.07 Å². The number of nitrogens with one attached hydrogen (secondary N) is 1. The number of nitrogens with zero attached hydrogens (tertiary/aromatic N) is 1. The SMILES string of the molecule is CSc1cccc(NCCC(C)C)c1C#N. The number of rotatable bonds is 5. The predicted molar refractivity (Wildman–Crippen MR) is 70.9 cm³/mol. The molecule has 0 radical (unpaired) electrons. The van der Waals surface area contributed by atoms with E-state index in [-0.39, 0.29) is 0 Å². The van der Waals surface area contributed by atoms with Crippen molar-refractivity contribution < 1.29 is 0 Å². The molecule has 1 N–H and O–H groups in total. The Kier molecular flexibility index (Phi) is 5.21. The van der Waals surface area contributed by atoms with Crippen LogP contribution in [0.3, 0.4) is 0 Å². The maximum atomic E-state index is 9.14. The van der Waals surface area contributed by atoms with Crippen LogP contribution in [0.25, 0.3) is 0 Å². The van der Waals surface area contributed by atoms with E-state index in [0.717, 1.165) is 29.1 Å². The minimum absolute atomic E-state index is 0.682. The van der Waals surface area contributed by atoms with Gasteiger partial charge in [-0.3, -0.25) is 0 Å². The maximum absolute atomic E-state index is 9.14. The lowest BCUT2D eigenvalue weighted by atomic mass is 10.1. The minimum atomic E-state index is 0.682. The molecular weight excluding hydrogens is 216 g/mol. The molecule has 3 heteroatoms. The summed E-state index contributed by atoms with van der Waals surface area (Å²) >= 11 is 1.61. The summed E-state index contributed by atoms with van der Waals surface area (Å²) in [6.45, 7) is 5.32. The van der Waals surface area contributed by atoms with Gasteiger partial charge in [0.05, 0.1) is 11.3 Å². The third-order valence-electron chi connectivity index (χ3n) is 2.40. The lowest BCUT2D eigenvalue weighted by Gasteiger charge is -2.11. The van der Waals surface area contributed by atoms with Crippen LogP contribution in [0.5, 0.6) is 0 Å². The van der Waals surface area contributed by atoms with E-state index in [2.05, 4.69) is 25.2 Å². The Morgan fingerprint density at radius 1 is 1.44 bits per heavy atom. The second-order valence-corrected chi connectivity index (χ2v) is 4.95. The number of hydrogen-bond acceptors (Lipinski definition) is 3. The fourth-order valence-electron chi connectivity index (χ4n) is 1.46. The predicted octanol–water partition coefficient (Wildman–Crippen LogP) is 3.74. The lowest BCUT2D eigenvalue weighted by Crippen LogP contribution is -2.06. The first-order valence-electron chi connectivity index (χ1n) is 5.50. The van der Waals surface area contributed by atoms with Crippen molar-refractivity contribution >= 4 is 17.4 Å². The van der Waals surface area contributed by atoms with Gasteiger partial charge in [-0.1, -0.05) is 19.9 Å². The van der Waals surface area contributed by atoms with Gasteiger partial charge in [-0.25, -0.2) is 0 Å². The second kappa shape index (κ2) is 6.44. The van der Waals surface area contributed by atoms with Crippen LogP contribution in [-0.4, -0.2) is 12.8 Å². The Bertz CT molecular complexity index is 380. The molecular formula is C13H18N2S. The summed E-state index contributed by atoms with van der Waals surface area (Å²) in [6, 6.07) is 8.21. The topological polar surface area (TPSA) is 35.8 Å². The molecule has 0 heterocycles. The zero-order valence-electron chi connectivity index (χ0n) is 10.1. The zero-order chi connectivity index (χ0) is 12.0. The van der Waals surface area contributed by atoms with Crippen LogP contribution in [0.4, 0.5) is 5.69 Å². The number of anilines is 1. The molecule has 2 nitrogen and oxygen atoms in total. The van der Waals surface area contributed by atoms with Crippen LogP contribution in [0, 0.1) is 17.2 Å². The van der Waals surface area contributed by atoms with E-state index in [0.29, 0.717) is 5.92 Å². The maximum Gasteiger partial charge on any atom is 0.102 e. The summed E-state index contributed by atoms with van der Waals surface area (Å²) in [5.41, 5.74) is 1.72. The van der Waals surface area contributed by atoms with Gasteiger partial charge < -0.3 is 5.32 Å². The van der Waals surface area contributed by atoms with Gasteiger partial charge >= 0.3 is 0 Å². The first kappa shape index (κ1) is 12.9. The summed E-state index contributed by atoms with van der Waals surface area (Å²) in [6.07, 6.45) is 3.11. The van der Waals surface area contributed by atoms with Crippen LogP contribution in [0.2, 0.25) is 0 Å². The molecule has 1 aromatic rings. The van der Waals surface area contributed by atoms with Gasteiger partial charge in [0.25, 0.3) is 0 Å². The van der Waals surface area contributed by atoms with Crippen molar-refractivity contribution in [2.75, 3.05) is 18.1 Å². The fraction of sp³-hybridized carbons (Fsp3) is 0.462. The van der Waals surface area contributed by atoms with Gasteiger partial charge in [-0.05, 0) is 30.7 Å². The molecule has 0 aliphatic rings. The number of benzene rings is 1. The first-order valence-corrected chi connectivity index (χ1v) is 6.72. The van der Waals surface area contributed by atoms with Gasteiger partial charge in [-0.2, -0.15) is 5.26 Å². The molecule has 16 heavy (non-hydrogen) atoms. The zero-order valence-corrected chi connectivity index (χ0v) is 10.9. The highest BCUT2D eigenvalue weighted by molar-refractivity contribution is 7.98. The van der Waals surface area contributed by atoms with Crippen LogP contribution in [-0.2, 0) is 0 Å². The third-order valence-corrected chi connectivity index (χ3v) is 3.18. The van der Waals surface area contributed by atoms with Crippen molar-refractivity contribution in [3.8, 4) is 6.07 Å². The summed E-state index contributed by atoms with van der Waals surface area (Å²) in [4.78, 5) is 1.04. The highest BCUT2D eigenvalue weighted by Gasteiger charge is 2.06. The molecule has 0 fully saturated rings. The van der Waals surface area contributed by atoms with Crippen LogP contribution in [0.15, 0.2) is 23.1 Å². The van der Waals surface area contributed by atoms with E-state index in [1.807, 2.05) is 24.5 Å². The Labute approximate surface area is 102 Å². The van der Waals surface area contributed by atoms with Gasteiger partial charge in [0.2, 0.25) is 0 Å². The van der Waals surface area contributed by atoms with Crippen molar-refractivity contribution in [3.05, 3.63) is 23.8 Å². The molecule has 0 spiro atoms. The molecule has 0 aromatic heterocycles. The molecule has 86 valence electrons. The summed E-state index contributed by atoms with van der Waals surface area (Å²) in [7, 11) is 0. The van der Waals surface area contributed by atoms with Gasteiger partial charge in [0.15, 0.2) is 0 Å². The van der Waals surface area contributed by atoms with Crippen molar-refractivity contribution in [2.45, 2.75) is 25.2 Å². The van der Waals surface area contributed by atoms with E-state index in [4.69, 9.17) is 5.26 Å². The average Bonchev–Trinajstić information content (AvgIpc) is 2.28. The molecule has 0 saturated carbocycles. The number of nitriles is 1. The molecule has 0 bridgehead atoms. The Morgan fingerprint density at radius 2 is 2.19 bits per heavy atom. The molecule has 1 aromatic carbocycles. The van der Waals surface area contributed by atoms with Crippen LogP contribution < -0.4 is 5.32 Å². The van der Waals surface area contributed by atoms with Gasteiger partial charge in [0, 0.05) is 11.4 Å². The number of hydrogen-bond donors (Lipinski definition) is 1. The van der Waals surface area contributed by atoms with Gasteiger partial charge in [-0.15, -0.1) is 11.8 Å². The Hall–Kier alpha value is -1.14. The molecule has 0 atom stereocenters. The highest BCUT2D eigenvalue weighted by atomic mass is 32.2. The third kappa shape index (κ3) is 3.46. The number of thioether (sulfide) groups is 1. The monoisotopic (exact) mass is 234 g/mol. The fourth-order valence-corrected chi connectivity index (χ4v) is 2.03. The van der Waals surface area contributed by atoms with Crippen LogP contribution >= 0.6 is 11.8 Å². The van der Waals surface area contributed by atoms with Crippen molar-refractivity contribution in [2.24, 2.45) is 5.92 Å². The van der Waals surface area contributed by atoms with E-state index >= 15 is 0 Å². The van der Waals surface area contributed by atoms with E-state index in [1.165, 1.54) is 0 Å². The molecule has 1 rings (SSSR count). The van der Waals surface area contributed by atoms with E-state index in [9.17, 15) is 0 Å². The Morgan fingerprint density at radius 3 is 2.75 bits per heavy atom. The second-order valence-electron chi connectivity index (χ2n) is 4.10. The van der Waals surface area contributed by atoms with Crippen LogP contribution in [0.1, 0.15) is 25.8 Å². The molecule has 0 unspecified atom stereocenters. The van der Waals surface area contributed by atoms with Crippen molar-refractivity contribution in [3.63, 3.8) is 0 Å². The molecule has 0 aliphatic carbocycles. The minimum Gasteiger partial charge on any atom is -0.384 e. The largest absolute Gasteiger partial charge is 0.384 e. The van der Waals surface area contributed by atoms with E-state index < -0.39 is 0 Å². The quantitative estimate of drug-likeness (QED) is 0.788. The smallest absolute Gasteiger partial charge is 0.102 e. The standard InChI is InChI=1S/C13H18N2S/c1-10(2)7-8-15-12-5-4-6-13(16-3)11(12)9-14/h4-6,10,15H,7-8H2,1-3H3. The summed E-state index contributed by atoms with van der Waals surface area (Å²) in [5, 5.41) is 12.5. The summed E-state index contributed by atoms with van der Waals surface area (Å²) < 4.78 is 0. The molecule has 0 saturated heterocycles. The first-order chi connectivity index (χ1) is 7.69. The highest BCUT2D eigenvalue weighted by Crippen LogP contribution is 2.26. The molecule has 0 aliphatic heterocycles.